The zero-order valence-electron chi connectivity index (χ0n) is 21.0. The second-order valence-corrected chi connectivity index (χ2v) is 9.62. The van der Waals surface area contributed by atoms with Crippen LogP contribution in [0, 0.1) is 0 Å². The number of quaternary nitrogens is 1. The van der Waals surface area contributed by atoms with Gasteiger partial charge in [0.1, 0.15) is 11.4 Å². The molecule has 10 nitrogen and oxygen atoms in total. The number of anilines is 2. The van der Waals surface area contributed by atoms with Crippen LogP contribution in [0.3, 0.4) is 0 Å². The molecule has 2 aromatic heterocycles. The van der Waals surface area contributed by atoms with E-state index in [1.807, 2.05) is 60.7 Å². The van der Waals surface area contributed by atoms with Crippen molar-refractivity contribution in [1.82, 2.24) is 20.2 Å². The highest BCUT2D eigenvalue weighted by Gasteiger charge is 2.26. The predicted molar refractivity (Wildman–Crippen MR) is 145 cm³/mol. The molecule has 1 aliphatic heterocycles. The lowest BCUT2D eigenvalue weighted by atomic mass is 10.0. The molecule has 0 atom stereocenters. The summed E-state index contributed by atoms with van der Waals surface area (Å²) >= 11 is 1.21. The first-order chi connectivity index (χ1) is 18.6. The molecule has 2 aromatic carbocycles. The Balaban J connectivity index is 1.22. The van der Waals surface area contributed by atoms with Crippen LogP contribution in [0.4, 0.5) is 11.1 Å². The maximum atomic E-state index is 12.6. The highest BCUT2D eigenvalue weighted by molar-refractivity contribution is 7.14. The van der Waals surface area contributed by atoms with Gasteiger partial charge in [-0.3, -0.25) is 10.1 Å². The highest BCUT2D eigenvalue weighted by atomic mass is 32.1. The fourth-order valence-electron chi connectivity index (χ4n) is 4.26. The molecule has 38 heavy (non-hydrogen) atoms. The minimum atomic E-state index is -0.491. The summed E-state index contributed by atoms with van der Waals surface area (Å²) in [5.41, 5.74) is 3.69. The zero-order valence-corrected chi connectivity index (χ0v) is 21.8. The summed E-state index contributed by atoms with van der Waals surface area (Å²) < 4.78 is 4.94. The number of nitrogens with zero attached hydrogens (tertiary/aromatic N) is 5. The van der Waals surface area contributed by atoms with Crippen molar-refractivity contribution in [1.29, 1.82) is 0 Å². The Hall–Kier alpha value is -4.22. The van der Waals surface area contributed by atoms with Gasteiger partial charge in [0.05, 0.1) is 32.8 Å². The van der Waals surface area contributed by atoms with Crippen LogP contribution in [0.5, 0.6) is 0 Å². The van der Waals surface area contributed by atoms with Crippen LogP contribution in [0.1, 0.15) is 17.4 Å². The molecule has 194 valence electrons. The number of rotatable bonds is 8. The largest absolute Gasteiger partial charge is 0.461 e. The second kappa shape index (κ2) is 11.9. The summed E-state index contributed by atoms with van der Waals surface area (Å²) in [6, 6.07) is 20.0. The highest BCUT2D eigenvalue weighted by Crippen LogP contribution is 2.29. The van der Waals surface area contributed by atoms with Gasteiger partial charge in [-0.05, 0) is 6.92 Å². The first-order valence-electron chi connectivity index (χ1n) is 12.5. The lowest BCUT2D eigenvalue weighted by molar-refractivity contribution is -0.892. The van der Waals surface area contributed by atoms with E-state index in [9.17, 15) is 9.59 Å². The first kappa shape index (κ1) is 25.4. The van der Waals surface area contributed by atoms with E-state index in [0.29, 0.717) is 30.7 Å². The maximum absolute atomic E-state index is 12.6. The maximum Gasteiger partial charge on any atom is 0.357 e. The number of piperazine rings is 1. The lowest BCUT2D eigenvalue weighted by Crippen LogP contribution is -3.15. The molecule has 0 radical (unpaired) electrons. The smallest absolute Gasteiger partial charge is 0.357 e. The average Bonchev–Trinajstić information content (AvgIpc) is 3.43. The Morgan fingerprint density at radius 1 is 0.947 bits per heavy atom. The molecule has 11 heteroatoms. The summed E-state index contributed by atoms with van der Waals surface area (Å²) in [4.78, 5) is 36.7. The van der Waals surface area contributed by atoms with Crippen LogP contribution in [-0.2, 0) is 9.53 Å². The summed E-state index contributed by atoms with van der Waals surface area (Å²) in [5.74, 6) is -0.0500. The van der Waals surface area contributed by atoms with Crippen molar-refractivity contribution in [3.8, 4) is 22.5 Å². The van der Waals surface area contributed by atoms with Crippen LogP contribution in [-0.4, -0.2) is 71.4 Å². The Morgan fingerprint density at radius 2 is 1.61 bits per heavy atom. The van der Waals surface area contributed by atoms with E-state index in [4.69, 9.17) is 9.72 Å². The van der Waals surface area contributed by atoms with Crippen molar-refractivity contribution >= 4 is 34.3 Å². The zero-order chi connectivity index (χ0) is 26.3. The van der Waals surface area contributed by atoms with Gasteiger partial charge in [0.25, 0.3) is 5.91 Å². The van der Waals surface area contributed by atoms with Gasteiger partial charge in [-0.25, -0.2) is 14.8 Å². The molecule has 3 heterocycles. The number of carbonyl (C=O) groups is 2. The molecule has 1 amide bonds. The van der Waals surface area contributed by atoms with E-state index in [-0.39, 0.29) is 18.2 Å². The van der Waals surface area contributed by atoms with Gasteiger partial charge in [-0.1, -0.05) is 60.7 Å². The fourth-order valence-corrected chi connectivity index (χ4v) is 4.96. The van der Waals surface area contributed by atoms with Gasteiger partial charge in [0.2, 0.25) is 5.95 Å². The summed E-state index contributed by atoms with van der Waals surface area (Å²) in [7, 11) is 0. The molecule has 0 bridgehead atoms. The normalized spacial score (nSPS) is 13.8. The average molecular weight is 531 g/mol. The number of esters is 1. The van der Waals surface area contributed by atoms with Gasteiger partial charge in [-0.15, -0.1) is 21.5 Å². The molecule has 1 aliphatic rings. The van der Waals surface area contributed by atoms with E-state index in [0.717, 1.165) is 40.5 Å². The number of benzene rings is 2. The van der Waals surface area contributed by atoms with Crippen LogP contribution >= 0.6 is 11.3 Å². The molecule has 4 aromatic rings. The standard InChI is InChI=1S/C27H27N7O3S/c1-2-37-25(36)21-18-38-27(28-21)29-22(35)17-33-13-15-34(16-14-33)26-30-23(19-9-5-3-6-10-19)24(31-32-26)20-11-7-4-8-12-20/h3-12,18H,2,13-17H2,1H3,(H,28,29,35)/p+1. The minimum absolute atomic E-state index is 0.144. The van der Waals surface area contributed by atoms with Crippen LogP contribution in [0.25, 0.3) is 22.5 Å². The van der Waals surface area contributed by atoms with Crippen LogP contribution in [0.2, 0.25) is 0 Å². The number of hydrogen-bond donors (Lipinski definition) is 2. The molecule has 0 unspecified atom stereocenters. The molecule has 0 saturated carbocycles. The monoisotopic (exact) mass is 530 g/mol. The van der Waals surface area contributed by atoms with Gasteiger partial charge >= 0.3 is 5.97 Å². The molecule has 2 N–H and O–H groups in total. The number of ether oxygens (including phenoxy) is 1. The molecule has 0 spiro atoms. The molecular weight excluding hydrogens is 502 g/mol. The molecule has 1 saturated heterocycles. The quantitative estimate of drug-likeness (QED) is 0.333. The Labute approximate surface area is 224 Å². The third-order valence-corrected chi connectivity index (χ3v) is 6.93. The van der Waals surface area contributed by atoms with Crippen molar-refractivity contribution in [2.24, 2.45) is 0 Å². The van der Waals surface area contributed by atoms with Crippen molar-refractivity contribution in [3.63, 3.8) is 0 Å². The topological polar surface area (TPSA) is 115 Å². The van der Waals surface area contributed by atoms with Gasteiger partial charge < -0.3 is 14.5 Å². The predicted octanol–water partition coefficient (Wildman–Crippen LogP) is 2.18. The lowest BCUT2D eigenvalue weighted by Gasteiger charge is -2.31. The second-order valence-electron chi connectivity index (χ2n) is 8.76. The van der Waals surface area contributed by atoms with Crippen LogP contribution in [0.15, 0.2) is 66.0 Å². The number of aromatic nitrogens is 4. The summed E-state index contributed by atoms with van der Waals surface area (Å²) in [6.07, 6.45) is 0. The van der Waals surface area contributed by atoms with Crippen LogP contribution < -0.4 is 15.1 Å². The van der Waals surface area contributed by atoms with Crippen molar-refractivity contribution in [2.45, 2.75) is 6.92 Å². The van der Waals surface area contributed by atoms with E-state index >= 15 is 0 Å². The number of hydrogen-bond acceptors (Lipinski definition) is 9. The number of amides is 1. The SMILES string of the molecule is CCOC(=O)c1csc(NC(=O)C[NH+]2CCN(c3nnc(-c4ccccc4)c(-c4ccccc4)n3)CC2)n1. The fraction of sp³-hybridized carbons (Fsp3) is 0.259. The molecule has 1 fully saturated rings. The Kier molecular flexibility index (Phi) is 7.95. The number of thiazole rings is 1. The van der Waals surface area contributed by atoms with Gasteiger partial charge in [0.15, 0.2) is 17.4 Å². The van der Waals surface area contributed by atoms with Gasteiger partial charge in [-0.2, -0.15) is 0 Å². The van der Waals surface area contributed by atoms with E-state index < -0.39 is 5.97 Å². The first-order valence-corrected chi connectivity index (χ1v) is 13.3. The number of nitrogens with one attached hydrogen (secondary N) is 2. The van der Waals surface area contributed by atoms with Crippen molar-refractivity contribution < 1.29 is 19.2 Å². The van der Waals surface area contributed by atoms with E-state index in [1.165, 1.54) is 11.3 Å². The summed E-state index contributed by atoms with van der Waals surface area (Å²) in [6.45, 7) is 5.23. The Morgan fingerprint density at radius 3 is 2.26 bits per heavy atom. The third-order valence-electron chi connectivity index (χ3n) is 6.17. The summed E-state index contributed by atoms with van der Waals surface area (Å²) in [5, 5.41) is 13.8. The number of carbonyl (C=O) groups excluding carboxylic acids is 2. The third kappa shape index (κ3) is 6.01. The Bertz CT molecular complexity index is 1390. The van der Waals surface area contributed by atoms with Crippen molar-refractivity contribution in [3.05, 3.63) is 71.7 Å². The van der Waals surface area contributed by atoms with Crippen molar-refractivity contribution in [2.75, 3.05) is 49.5 Å². The van der Waals surface area contributed by atoms with E-state index in [1.54, 1.807) is 12.3 Å². The molecular formula is C27H28N7O3S+. The molecule has 0 aliphatic carbocycles. The molecule has 5 rings (SSSR count). The van der Waals surface area contributed by atoms with Gasteiger partial charge in [0, 0.05) is 16.5 Å². The minimum Gasteiger partial charge on any atom is -0.461 e. The van der Waals surface area contributed by atoms with E-state index in [2.05, 4.69) is 25.4 Å².